The van der Waals surface area contributed by atoms with Crippen LogP contribution in [0.5, 0.6) is 0 Å². The zero-order valence-corrected chi connectivity index (χ0v) is 38.4. The van der Waals surface area contributed by atoms with Gasteiger partial charge in [-0.2, -0.15) is 24.9 Å². The number of aliphatic hydroxyl groups is 2. The van der Waals surface area contributed by atoms with E-state index in [1.54, 1.807) is 23.3 Å². The molecule has 0 aliphatic carbocycles. The summed E-state index contributed by atoms with van der Waals surface area (Å²) in [4.78, 5) is 47.6. The molecule has 1 unspecified atom stereocenters. The molecule has 2 aliphatic heterocycles. The van der Waals surface area contributed by atoms with Gasteiger partial charge in [-0.1, -0.05) is 5.22 Å². The van der Waals surface area contributed by atoms with Crippen LogP contribution in [0.25, 0.3) is 11.2 Å². The SMILES string of the molecule is CN(C)N=Nc1nc[nH]c1C(N)=O.CN(C)c1nc(N(C)C)nc(N(C)C)n1.Nc1nc(Cl)nc2c1ncn2[C@H]1C[C@H](O)[C@@H](CO)O1.O=P1(N(CCCl)CCCl)NCCCO1. The lowest BCUT2D eigenvalue weighted by atomic mass is 10.2. The summed E-state index contributed by atoms with van der Waals surface area (Å²) >= 11 is 17.0. The standard InChI is InChI=1S/C10H12ClN5O3.C9H18N6.C7H15Cl2N2O2P.C6H10N6O/c11-10-14-8(12)7-9(15-10)16(3-13-7)6-1-4(18)5(2-17)19-6;1-13(2)7-10-8(14(3)4)12-9(11-7)15(5)6;8-2-5-11(6-3-9)14(12)10-4-1-7-13-14;1-12(2)11-10-6-4(5(7)13)8-3-9-6/h3-6,17-18H,1-2H2,(H2,12,14,15);1-6H3;1-7H2,(H,10,12);3H,1-2H3,(H2,7,13)(H,8,9)/t4-,5+,6+;;;/m0.../s1. The first-order valence-corrected chi connectivity index (χ1v) is 21.5. The number of ether oxygens (including phenoxy) is 1. The Hall–Kier alpha value is -4.30. The van der Waals surface area contributed by atoms with Crippen LogP contribution in [0.15, 0.2) is 23.0 Å². The normalized spacial score (nSPS) is 19.7. The fraction of sp³-hybridized carbons (Fsp3) is 0.625. The molecular weight excluding hydrogens is 884 g/mol. The number of carbonyl (C=O) groups is 1. The Balaban J connectivity index is 0.000000220. The molecular formula is C32H55Cl3N19O6P. The Labute approximate surface area is 368 Å². The number of nitrogens with zero attached hydrogens (tertiary/aromatic N) is 15. The molecule has 0 spiro atoms. The Kier molecular flexibility index (Phi) is 20.4. The number of hydrogen-bond donors (Lipinski definition) is 6. The summed E-state index contributed by atoms with van der Waals surface area (Å²) in [6, 6.07) is 0. The highest BCUT2D eigenvalue weighted by atomic mass is 35.5. The zero-order valence-electron chi connectivity index (χ0n) is 35.2. The summed E-state index contributed by atoms with van der Waals surface area (Å²) in [7, 11) is 12.0. The molecule has 1 amide bonds. The van der Waals surface area contributed by atoms with Crippen molar-refractivity contribution >= 4 is 89.0 Å². The molecule has 0 aromatic carbocycles. The molecule has 340 valence electrons. The number of nitrogens with one attached hydrogen (secondary N) is 2. The first kappa shape index (κ1) is 51.1. The van der Waals surface area contributed by atoms with Crippen LogP contribution in [0.1, 0.15) is 29.6 Å². The number of aromatic amines is 1. The summed E-state index contributed by atoms with van der Waals surface area (Å²) < 4.78 is 26.3. The largest absolute Gasteiger partial charge is 0.394 e. The number of carbonyl (C=O) groups excluding carboxylic acids is 1. The zero-order chi connectivity index (χ0) is 45.4. The molecule has 2 saturated heterocycles. The van der Waals surface area contributed by atoms with Gasteiger partial charge in [0.25, 0.3) is 5.91 Å². The lowest BCUT2D eigenvalue weighted by molar-refractivity contribution is -0.0432. The van der Waals surface area contributed by atoms with Gasteiger partial charge in [0.15, 0.2) is 17.2 Å². The molecule has 29 heteroatoms. The van der Waals surface area contributed by atoms with E-state index in [1.165, 1.54) is 17.7 Å². The van der Waals surface area contributed by atoms with Crippen molar-refractivity contribution in [3.05, 3.63) is 23.6 Å². The van der Waals surface area contributed by atoms with Crippen molar-refractivity contribution in [1.29, 1.82) is 0 Å². The monoisotopic (exact) mass is 937 g/mol. The van der Waals surface area contributed by atoms with Crippen molar-refractivity contribution in [2.45, 2.75) is 31.3 Å². The fourth-order valence-electron chi connectivity index (χ4n) is 5.07. The predicted octanol–water partition coefficient (Wildman–Crippen LogP) is 1.73. The third-order valence-electron chi connectivity index (χ3n) is 8.06. The van der Waals surface area contributed by atoms with Gasteiger partial charge in [0.05, 0.1) is 32.0 Å². The highest BCUT2D eigenvalue weighted by Gasteiger charge is 2.36. The van der Waals surface area contributed by atoms with E-state index in [9.17, 15) is 14.5 Å². The summed E-state index contributed by atoms with van der Waals surface area (Å²) in [5, 5.41) is 30.6. The maximum absolute atomic E-state index is 12.2. The number of imidazole rings is 2. The van der Waals surface area contributed by atoms with Crippen LogP contribution in [0, 0.1) is 0 Å². The maximum Gasteiger partial charge on any atom is 0.343 e. The Morgan fingerprint density at radius 3 is 2.03 bits per heavy atom. The highest BCUT2D eigenvalue weighted by Crippen LogP contribution is 2.48. The van der Waals surface area contributed by atoms with Gasteiger partial charge < -0.3 is 50.6 Å². The molecule has 4 atom stereocenters. The van der Waals surface area contributed by atoms with Crippen LogP contribution < -0.4 is 31.3 Å². The number of nitrogens with two attached hydrogens (primary N) is 2. The molecule has 2 aliphatic rings. The molecule has 0 radical (unpaired) electrons. The van der Waals surface area contributed by atoms with Gasteiger partial charge in [0.1, 0.15) is 17.8 Å². The maximum atomic E-state index is 12.2. The molecule has 8 N–H and O–H groups in total. The Bertz CT molecular complexity index is 1980. The average molecular weight is 939 g/mol. The van der Waals surface area contributed by atoms with Crippen LogP contribution in [0.3, 0.4) is 0 Å². The molecule has 0 saturated carbocycles. The third-order valence-corrected chi connectivity index (χ3v) is 10.9. The van der Waals surface area contributed by atoms with Gasteiger partial charge in [-0.3, -0.25) is 18.9 Å². The van der Waals surface area contributed by atoms with Crippen molar-refractivity contribution in [1.82, 2.24) is 59.2 Å². The van der Waals surface area contributed by atoms with Crippen LogP contribution in [-0.2, 0) is 13.8 Å². The smallest absolute Gasteiger partial charge is 0.343 e. The molecule has 6 rings (SSSR count). The van der Waals surface area contributed by atoms with Crippen LogP contribution in [0.4, 0.5) is 29.5 Å². The van der Waals surface area contributed by atoms with Gasteiger partial charge in [-0.05, 0) is 18.0 Å². The van der Waals surface area contributed by atoms with Gasteiger partial charge in [-0.25, -0.2) is 19.7 Å². The Morgan fingerprint density at radius 2 is 1.57 bits per heavy atom. The minimum Gasteiger partial charge on any atom is -0.394 e. The van der Waals surface area contributed by atoms with E-state index < -0.39 is 32.0 Å². The van der Waals surface area contributed by atoms with Crippen molar-refractivity contribution in [3.8, 4) is 0 Å². The number of rotatable bonds is 13. The van der Waals surface area contributed by atoms with Gasteiger partial charge >= 0.3 is 7.67 Å². The van der Waals surface area contributed by atoms with E-state index in [-0.39, 0.29) is 29.2 Å². The van der Waals surface area contributed by atoms with Crippen molar-refractivity contribution in [2.24, 2.45) is 16.1 Å². The number of anilines is 4. The number of aliphatic hydroxyl groups excluding tert-OH is 2. The number of primary amides is 1. The van der Waals surface area contributed by atoms with Gasteiger partial charge in [0, 0.05) is 94.2 Å². The number of H-pyrrole nitrogens is 1. The molecule has 2 fully saturated rings. The number of hydrogen-bond acceptors (Lipinski definition) is 19. The lowest BCUT2D eigenvalue weighted by Gasteiger charge is -2.33. The molecule has 61 heavy (non-hydrogen) atoms. The highest BCUT2D eigenvalue weighted by molar-refractivity contribution is 7.54. The number of alkyl halides is 2. The number of nitrogen functional groups attached to an aromatic ring is 1. The minimum absolute atomic E-state index is 0.0176. The van der Waals surface area contributed by atoms with Crippen molar-refractivity contribution < 1.29 is 28.8 Å². The summed E-state index contributed by atoms with van der Waals surface area (Å²) in [6.45, 7) is 2.06. The topological polar surface area (TPSA) is 309 Å². The van der Waals surface area contributed by atoms with Gasteiger partial charge in [-0.15, -0.1) is 28.3 Å². The van der Waals surface area contributed by atoms with E-state index >= 15 is 0 Å². The first-order chi connectivity index (χ1) is 28.8. The fourth-order valence-corrected chi connectivity index (χ4v) is 7.88. The minimum atomic E-state index is -2.84. The lowest BCUT2D eigenvalue weighted by Crippen LogP contribution is -2.35. The average Bonchev–Trinajstić information content (AvgIpc) is 3.96. The van der Waals surface area contributed by atoms with Crippen molar-refractivity contribution in [2.75, 3.05) is 121 Å². The first-order valence-electron chi connectivity index (χ1n) is 18.5. The van der Waals surface area contributed by atoms with E-state index in [4.69, 9.17) is 60.6 Å². The predicted molar refractivity (Wildman–Crippen MR) is 234 cm³/mol. The molecule has 25 nitrogen and oxygen atoms in total. The molecule has 4 aromatic rings. The number of aromatic nitrogens is 9. The second-order valence-corrected chi connectivity index (χ2v) is 17.0. The summed E-state index contributed by atoms with van der Waals surface area (Å²) in [5.74, 6) is 2.61. The van der Waals surface area contributed by atoms with Crippen LogP contribution in [-0.4, -0.2) is 183 Å². The van der Waals surface area contributed by atoms with E-state index in [2.05, 4.69) is 55.3 Å². The second kappa shape index (κ2) is 24.4. The molecule has 4 aromatic heterocycles. The summed E-state index contributed by atoms with van der Waals surface area (Å²) in [5.41, 5.74) is 11.8. The third kappa shape index (κ3) is 14.9. The molecule has 6 heterocycles. The van der Waals surface area contributed by atoms with Crippen molar-refractivity contribution in [3.63, 3.8) is 0 Å². The van der Waals surface area contributed by atoms with Crippen LogP contribution >= 0.6 is 42.5 Å². The number of amides is 1. The van der Waals surface area contributed by atoms with Gasteiger partial charge in [0.2, 0.25) is 28.9 Å². The number of halogens is 3. The van der Waals surface area contributed by atoms with E-state index in [1.807, 2.05) is 57.0 Å². The second-order valence-electron chi connectivity index (χ2n) is 13.7. The number of fused-ring (bicyclic) bond motifs is 1. The quantitative estimate of drug-likeness (QED) is 0.0365. The molecule has 0 bridgehead atoms. The van der Waals surface area contributed by atoms with Crippen LogP contribution in [0.2, 0.25) is 5.28 Å². The summed E-state index contributed by atoms with van der Waals surface area (Å²) in [6.07, 6.45) is 2.24. The van der Waals surface area contributed by atoms with E-state index in [0.29, 0.717) is 66.9 Å². The van der Waals surface area contributed by atoms with E-state index in [0.717, 1.165) is 13.0 Å². The Morgan fingerprint density at radius 1 is 0.984 bits per heavy atom.